The van der Waals surface area contributed by atoms with Crippen LogP contribution in [-0.2, 0) is 19.6 Å². The van der Waals surface area contributed by atoms with Crippen molar-refractivity contribution in [2.45, 2.75) is 40.4 Å². The molecule has 0 amide bonds. The summed E-state index contributed by atoms with van der Waals surface area (Å²) in [5.41, 5.74) is 3.43. The Kier molecular flexibility index (Phi) is 4.62. The zero-order valence-electron chi connectivity index (χ0n) is 16.2. The second-order valence-electron chi connectivity index (χ2n) is 6.66. The normalized spacial score (nSPS) is 11.2. The predicted octanol–water partition coefficient (Wildman–Crippen LogP) is 1.98. The van der Waals surface area contributed by atoms with Gasteiger partial charge in [0.25, 0.3) is 0 Å². The third kappa shape index (κ3) is 3.43. The van der Waals surface area contributed by atoms with Crippen molar-refractivity contribution in [3.8, 4) is 17.1 Å². The Morgan fingerprint density at radius 1 is 0.556 bits per heavy atom. The van der Waals surface area contributed by atoms with E-state index in [0.717, 1.165) is 36.7 Å². The molecule has 0 aliphatic heterocycles. The van der Waals surface area contributed by atoms with E-state index in [1.165, 1.54) is 0 Å². The second-order valence-corrected chi connectivity index (χ2v) is 6.66. The second kappa shape index (κ2) is 7.23. The van der Waals surface area contributed by atoms with Crippen LogP contribution in [0, 0.1) is 0 Å². The van der Waals surface area contributed by atoms with Gasteiger partial charge in [-0.3, -0.25) is 0 Å². The molecule has 0 radical (unpaired) electrons. The van der Waals surface area contributed by atoms with Gasteiger partial charge in [0.1, 0.15) is 54.2 Å². The molecule has 0 saturated carbocycles. The van der Waals surface area contributed by atoms with Gasteiger partial charge in [-0.1, -0.05) is 0 Å². The molecule has 4 rings (SSSR count). The third-order valence-electron chi connectivity index (χ3n) is 4.95. The Bertz CT molecular complexity index is 906. The maximum atomic E-state index is 2.22. The highest BCUT2D eigenvalue weighted by atomic mass is 15.1. The molecule has 0 aliphatic carbocycles. The summed E-state index contributed by atoms with van der Waals surface area (Å²) < 4.78 is 13.0. The highest BCUT2D eigenvalue weighted by Gasteiger charge is 2.16. The quantitative estimate of drug-likeness (QED) is 0.469. The molecule has 0 N–H and O–H groups in total. The molecule has 0 aliphatic rings. The predicted molar refractivity (Wildman–Crippen MR) is 102 cm³/mol. The van der Waals surface area contributed by atoms with E-state index in [4.69, 9.17) is 0 Å². The van der Waals surface area contributed by atoms with Gasteiger partial charge in [-0.15, -0.1) is 0 Å². The fourth-order valence-electron chi connectivity index (χ4n) is 3.23. The van der Waals surface area contributed by atoms with Crippen LogP contribution in [0.15, 0.2) is 74.4 Å². The van der Waals surface area contributed by atoms with E-state index in [1.54, 1.807) is 0 Å². The molecule has 6 nitrogen and oxygen atoms in total. The Morgan fingerprint density at radius 2 is 0.852 bits per heavy atom. The van der Waals surface area contributed by atoms with Gasteiger partial charge in [0.05, 0.1) is 19.6 Å². The average molecular weight is 363 g/mol. The van der Waals surface area contributed by atoms with Gasteiger partial charge in [-0.05, 0) is 20.8 Å². The number of hydrogen-bond acceptors (Lipinski definition) is 0. The molecule has 6 heteroatoms. The number of aromatic nitrogens is 6. The maximum Gasteiger partial charge on any atom is 0.248 e. The van der Waals surface area contributed by atoms with Gasteiger partial charge in [0.2, 0.25) is 19.0 Å². The van der Waals surface area contributed by atoms with Crippen LogP contribution in [0.25, 0.3) is 17.1 Å². The van der Waals surface area contributed by atoms with Gasteiger partial charge < -0.3 is 0 Å². The number of aryl methyl sites for hydroxylation is 3. The van der Waals surface area contributed by atoms with Crippen LogP contribution in [0.1, 0.15) is 20.8 Å². The van der Waals surface area contributed by atoms with Gasteiger partial charge in [0.15, 0.2) is 0 Å². The first kappa shape index (κ1) is 17.3. The fraction of sp³-hybridized carbons (Fsp3) is 0.286. The van der Waals surface area contributed by atoms with E-state index in [2.05, 4.69) is 123 Å². The molecule has 0 atom stereocenters. The Labute approximate surface area is 159 Å². The van der Waals surface area contributed by atoms with Crippen molar-refractivity contribution < 1.29 is 13.7 Å². The Balaban J connectivity index is 1.84. The molecular formula is C21H27N6+3. The van der Waals surface area contributed by atoms with Gasteiger partial charge in [0, 0.05) is 18.2 Å². The molecule has 0 saturated heterocycles. The molecule has 1 aromatic carbocycles. The van der Waals surface area contributed by atoms with Crippen molar-refractivity contribution in [3.63, 3.8) is 0 Å². The van der Waals surface area contributed by atoms with Crippen molar-refractivity contribution in [1.29, 1.82) is 0 Å². The first-order valence-corrected chi connectivity index (χ1v) is 9.57. The van der Waals surface area contributed by atoms with E-state index in [0.29, 0.717) is 0 Å². The van der Waals surface area contributed by atoms with Gasteiger partial charge >= 0.3 is 0 Å². The Hall–Kier alpha value is -3.15. The van der Waals surface area contributed by atoms with Crippen molar-refractivity contribution in [2.75, 3.05) is 0 Å². The molecule has 3 aromatic heterocycles. The van der Waals surface area contributed by atoms with E-state index in [9.17, 15) is 0 Å². The summed E-state index contributed by atoms with van der Waals surface area (Å²) in [4.78, 5) is 0. The summed E-state index contributed by atoms with van der Waals surface area (Å²) in [5, 5.41) is 0. The van der Waals surface area contributed by atoms with Crippen molar-refractivity contribution >= 4 is 0 Å². The summed E-state index contributed by atoms with van der Waals surface area (Å²) in [6, 6.07) is 6.67. The van der Waals surface area contributed by atoms with E-state index >= 15 is 0 Å². The van der Waals surface area contributed by atoms with Gasteiger partial charge in [-0.2, -0.15) is 0 Å². The van der Waals surface area contributed by atoms with Crippen molar-refractivity contribution in [3.05, 3.63) is 74.4 Å². The zero-order valence-corrected chi connectivity index (χ0v) is 16.2. The molecule has 0 bridgehead atoms. The van der Waals surface area contributed by atoms with Crippen LogP contribution < -0.4 is 13.7 Å². The number of benzene rings is 1. The minimum Gasteiger partial charge on any atom is -0.237 e. The third-order valence-corrected chi connectivity index (χ3v) is 4.95. The van der Waals surface area contributed by atoms with E-state index < -0.39 is 0 Å². The molecule has 0 fully saturated rings. The molecule has 138 valence electrons. The number of rotatable bonds is 6. The summed E-state index contributed by atoms with van der Waals surface area (Å²) in [6.07, 6.45) is 19.0. The molecule has 0 spiro atoms. The monoisotopic (exact) mass is 363 g/mol. The lowest BCUT2D eigenvalue weighted by Crippen LogP contribution is -2.29. The SMILES string of the molecule is CC[n+]1ccn(-c2cc(-n3cc[n+](CC)c3)cc(-n3cc[n+](CC)c3)c2)c1. The minimum atomic E-state index is 0.960. The van der Waals surface area contributed by atoms with E-state index in [1.807, 2.05) is 0 Å². The minimum absolute atomic E-state index is 0.960. The summed E-state index contributed by atoms with van der Waals surface area (Å²) in [6.45, 7) is 9.34. The lowest BCUT2D eigenvalue weighted by molar-refractivity contribution is -0.692. The lowest BCUT2D eigenvalue weighted by Gasteiger charge is -2.03. The van der Waals surface area contributed by atoms with Crippen LogP contribution in [0.4, 0.5) is 0 Å². The van der Waals surface area contributed by atoms with Crippen molar-refractivity contribution in [1.82, 2.24) is 13.7 Å². The number of hydrogen-bond donors (Lipinski definition) is 0. The highest BCUT2D eigenvalue weighted by molar-refractivity contribution is 5.53. The Morgan fingerprint density at radius 3 is 1.07 bits per heavy atom. The average Bonchev–Trinajstić information content (AvgIpc) is 3.47. The number of nitrogens with zero attached hydrogens (tertiary/aromatic N) is 6. The first-order valence-electron chi connectivity index (χ1n) is 9.57. The maximum absolute atomic E-state index is 2.22. The summed E-state index contributed by atoms with van der Waals surface area (Å²) >= 11 is 0. The standard InChI is InChI=1S/C21H27N6/c1-4-22-7-10-25(16-22)19-13-20(26-11-8-23(5-2)17-26)15-21(14-19)27-12-9-24(6-3)18-27/h7-18H,4-6H2,1-3H3/q+3. The summed E-state index contributed by atoms with van der Waals surface area (Å²) in [7, 11) is 0. The van der Waals surface area contributed by atoms with Crippen LogP contribution in [-0.4, -0.2) is 13.7 Å². The largest absolute Gasteiger partial charge is 0.248 e. The molecular weight excluding hydrogens is 336 g/mol. The fourth-order valence-corrected chi connectivity index (χ4v) is 3.23. The zero-order chi connectivity index (χ0) is 18.8. The van der Waals surface area contributed by atoms with Crippen LogP contribution in [0.2, 0.25) is 0 Å². The summed E-state index contributed by atoms with van der Waals surface area (Å²) in [5.74, 6) is 0. The lowest BCUT2D eigenvalue weighted by atomic mass is 10.2. The van der Waals surface area contributed by atoms with Crippen LogP contribution in [0.5, 0.6) is 0 Å². The topological polar surface area (TPSA) is 26.4 Å². The van der Waals surface area contributed by atoms with Crippen LogP contribution >= 0.6 is 0 Å². The van der Waals surface area contributed by atoms with Crippen molar-refractivity contribution in [2.24, 2.45) is 0 Å². The highest BCUT2D eigenvalue weighted by Crippen LogP contribution is 2.20. The van der Waals surface area contributed by atoms with E-state index in [-0.39, 0.29) is 0 Å². The molecule has 4 aromatic rings. The smallest absolute Gasteiger partial charge is 0.237 e. The number of imidazole rings is 3. The van der Waals surface area contributed by atoms with Gasteiger partial charge in [-0.25, -0.2) is 27.4 Å². The molecule has 3 heterocycles. The molecule has 0 unspecified atom stereocenters. The molecule has 27 heavy (non-hydrogen) atoms. The van der Waals surface area contributed by atoms with Crippen LogP contribution in [0.3, 0.4) is 0 Å². The first-order chi connectivity index (χ1) is 13.2.